The molecule has 4 nitrogen and oxygen atoms in total. The number of piperidine rings is 1. The van der Waals surface area contributed by atoms with Crippen molar-refractivity contribution in [2.24, 2.45) is 5.92 Å². The van der Waals surface area contributed by atoms with Crippen LogP contribution in [0.2, 0.25) is 0 Å². The standard InChI is InChI=1S/C19H31N3O.2ClH/c1-3-22(4-2)15-18-7-5-17(6-8-18)14-21-19(23)13-16-9-11-20-12-10-16;;/h5-8,16,20H,3-4,9-15H2,1-2H3,(H,21,23);2*1H. The molecule has 1 aliphatic heterocycles. The van der Waals surface area contributed by atoms with Gasteiger partial charge in [-0.05, 0) is 56.1 Å². The molecule has 0 saturated carbocycles. The van der Waals surface area contributed by atoms with E-state index in [4.69, 9.17) is 0 Å². The van der Waals surface area contributed by atoms with Crippen molar-refractivity contribution in [2.45, 2.75) is 46.2 Å². The number of carbonyl (C=O) groups excluding carboxylic acids is 1. The van der Waals surface area contributed by atoms with Crippen LogP contribution < -0.4 is 10.6 Å². The number of rotatable bonds is 8. The second-order valence-corrected chi connectivity index (χ2v) is 6.45. The Labute approximate surface area is 164 Å². The van der Waals surface area contributed by atoms with Gasteiger partial charge in [0, 0.05) is 19.5 Å². The van der Waals surface area contributed by atoms with Crippen LogP contribution in [0.25, 0.3) is 0 Å². The Balaban J connectivity index is 0.00000288. The van der Waals surface area contributed by atoms with Crippen molar-refractivity contribution in [1.29, 1.82) is 0 Å². The van der Waals surface area contributed by atoms with Gasteiger partial charge in [0.15, 0.2) is 0 Å². The van der Waals surface area contributed by atoms with Crippen LogP contribution in [0.5, 0.6) is 0 Å². The molecule has 2 N–H and O–H groups in total. The Kier molecular flexibility index (Phi) is 13.0. The van der Waals surface area contributed by atoms with E-state index in [-0.39, 0.29) is 30.7 Å². The Morgan fingerprint density at radius 1 is 1.08 bits per heavy atom. The van der Waals surface area contributed by atoms with Crippen molar-refractivity contribution >= 4 is 30.7 Å². The summed E-state index contributed by atoms with van der Waals surface area (Å²) in [7, 11) is 0. The van der Waals surface area contributed by atoms with Gasteiger partial charge in [-0.2, -0.15) is 0 Å². The molecular weight excluding hydrogens is 357 g/mol. The van der Waals surface area contributed by atoms with Crippen molar-refractivity contribution in [2.75, 3.05) is 26.2 Å². The van der Waals surface area contributed by atoms with Gasteiger partial charge in [0.05, 0.1) is 0 Å². The number of nitrogens with one attached hydrogen (secondary N) is 2. The van der Waals surface area contributed by atoms with Gasteiger partial charge in [0.1, 0.15) is 0 Å². The van der Waals surface area contributed by atoms with Gasteiger partial charge in [-0.25, -0.2) is 0 Å². The van der Waals surface area contributed by atoms with Gasteiger partial charge < -0.3 is 10.6 Å². The Bertz CT molecular complexity index is 472. The van der Waals surface area contributed by atoms with Crippen LogP contribution in [-0.2, 0) is 17.9 Å². The summed E-state index contributed by atoms with van der Waals surface area (Å²) < 4.78 is 0. The quantitative estimate of drug-likeness (QED) is 0.715. The number of hydrogen-bond acceptors (Lipinski definition) is 3. The average molecular weight is 390 g/mol. The molecule has 1 heterocycles. The van der Waals surface area contributed by atoms with E-state index in [0.29, 0.717) is 18.9 Å². The predicted octanol–water partition coefficient (Wildman–Crippen LogP) is 3.38. The van der Waals surface area contributed by atoms with E-state index in [2.05, 4.69) is 53.6 Å². The first-order valence-electron chi connectivity index (χ1n) is 8.98. The summed E-state index contributed by atoms with van der Waals surface area (Å²) in [6.07, 6.45) is 2.91. The summed E-state index contributed by atoms with van der Waals surface area (Å²) >= 11 is 0. The molecule has 144 valence electrons. The third-order valence-electron chi connectivity index (χ3n) is 4.75. The fourth-order valence-corrected chi connectivity index (χ4v) is 3.09. The fourth-order valence-electron chi connectivity index (χ4n) is 3.09. The van der Waals surface area contributed by atoms with Crippen molar-refractivity contribution in [3.63, 3.8) is 0 Å². The first-order chi connectivity index (χ1) is 11.2. The van der Waals surface area contributed by atoms with Crippen LogP contribution >= 0.6 is 24.8 Å². The van der Waals surface area contributed by atoms with E-state index >= 15 is 0 Å². The molecule has 0 spiro atoms. The maximum Gasteiger partial charge on any atom is 0.220 e. The van der Waals surface area contributed by atoms with Crippen molar-refractivity contribution in [3.05, 3.63) is 35.4 Å². The minimum atomic E-state index is 0. The molecule has 2 rings (SSSR count). The molecule has 1 aromatic rings. The van der Waals surface area contributed by atoms with E-state index < -0.39 is 0 Å². The summed E-state index contributed by atoms with van der Waals surface area (Å²) in [4.78, 5) is 14.4. The lowest BCUT2D eigenvalue weighted by Crippen LogP contribution is -2.32. The van der Waals surface area contributed by atoms with E-state index in [1.54, 1.807) is 0 Å². The number of amides is 1. The number of halogens is 2. The van der Waals surface area contributed by atoms with Gasteiger partial charge in [-0.1, -0.05) is 38.1 Å². The molecule has 0 radical (unpaired) electrons. The van der Waals surface area contributed by atoms with Crippen LogP contribution in [0.4, 0.5) is 0 Å². The van der Waals surface area contributed by atoms with E-state index in [9.17, 15) is 4.79 Å². The van der Waals surface area contributed by atoms with Gasteiger partial charge in [-0.15, -0.1) is 24.8 Å². The molecule has 1 fully saturated rings. The molecule has 1 amide bonds. The highest BCUT2D eigenvalue weighted by Crippen LogP contribution is 2.15. The minimum Gasteiger partial charge on any atom is -0.352 e. The highest BCUT2D eigenvalue weighted by atomic mass is 35.5. The Morgan fingerprint density at radius 2 is 1.64 bits per heavy atom. The molecular formula is C19H33Cl2N3O. The molecule has 0 unspecified atom stereocenters. The van der Waals surface area contributed by atoms with Crippen LogP contribution in [0.1, 0.15) is 44.2 Å². The largest absolute Gasteiger partial charge is 0.352 e. The SMILES string of the molecule is CCN(CC)Cc1ccc(CNC(=O)CC2CCNCC2)cc1.Cl.Cl. The number of nitrogens with zero attached hydrogens (tertiary/aromatic N) is 1. The third-order valence-corrected chi connectivity index (χ3v) is 4.75. The lowest BCUT2D eigenvalue weighted by Gasteiger charge is -2.22. The second-order valence-electron chi connectivity index (χ2n) is 6.45. The van der Waals surface area contributed by atoms with E-state index in [1.165, 1.54) is 11.1 Å². The molecule has 25 heavy (non-hydrogen) atoms. The maximum atomic E-state index is 12.0. The maximum absolute atomic E-state index is 12.0. The summed E-state index contributed by atoms with van der Waals surface area (Å²) in [5.41, 5.74) is 2.51. The molecule has 0 aromatic heterocycles. The average Bonchev–Trinajstić information content (AvgIpc) is 2.60. The van der Waals surface area contributed by atoms with Crippen LogP contribution in [0, 0.1) is 5.92 Å². The molecule has 1 aromatic carbocycles. The van der Waals surface area contributed by atoms with Crippen LogP contribution in [-0.4, -0.2) is 37.0 Å². The fraction of sp³-hybridized carbons (Fsp3) is 0.632. The zero-order valence-electron chi connectivity index (χ0n) is 15.4. The van der Waals surface area contributed by atoms with Crippen LogP contribution in [0.15, 0.2) is 24.3 Å². The number of carbonyl (C=O) groups is 1. The zero-order chi connectivity index (χ0) is 16.5. The second kappa shape index (κ2) is 13.4. The topological polar surface area (TPSA) is 44.4 Å². The molecule has 0 atom stereocenters. The summed E-state index contributed by atoms with van der Waals surface area (Å²) in [5.74, 6) is 0.733. The van der Waals surface area contributed by atoms with Gasteiger partial charge in [0.25, 0.3) is 0 Å². The number of hydrogen-bond donors (Lipinski definition) is 2. The summed E-state index contributed by atoms with van der Waals surface area (Å²) in [6.45, 7) is 10.3. The van der Waals surface area contributed by atoms with Crippen LogP contribution in [0.3, 0.4) is 0 Å². The predicted molar refractivity (Wildman–Crippen MR) is 110 cm³/mol. The first-order valence-corrected chi connectivity index (χ1v) is 8.98. The highest BCUT2D eigenvalue weighted by Gasteiger charge is 2.16. The van der Waals surface area contributed by atoms with Gasteiger partial charge in [0.2, 0.25) is 5.91 Å². The minimum absolute atomic E-state index is 0. The van der Waals surface area contributed by atoms with Crippen molar-refractivity contribution in [1.82, 2.24) is 15.5 Å². The lowest BCUT2D eigenvalue weighted by atomic mass is 9.94. The van der Waals surface area contributed by atoms with Gasteiger partial charge in [-0.3, -0.25) is 9.69 Å². The number of benzene rings is 1. The first kappa shape index (κ1) is 24.2. The Morgan fingerprint density at radius 3 is 2.20 bits per heavy atom. The molecule has 1 saturated heterocycles. The normalized spacial score (nSPS) is 14.5. The lowest BCUT2D eigenvalue weighted by molar-refractivity contribution is -0.122. The highest BCUT2D eigenvalue weighted by molar-refractivity contribution is 5.85. The van der Waals surface area contributed by atoms with Gasteiger partial charge >= 0.3 is 0 Å². The van der Waals surface area contributed by atoms with E-state index in [0.717, 1.165) is 45.6 Å². The molecule has 0 bridgehead atoms. The van der Waals surface area contributed by atoms with E-state index in [1.807, 2.05) is 0 Å². The van der Waals surface area contributed by atoms with Crippen molar-refractivity contribution < 1.29 is 4.79 Å². The third kappa shape index (κ3) is 8.91. The molecule has 0 aliphatic carbocycles. The molecule has 6 heteroatoms. The van der Waals surface area contributed by atoms with Crippen molar-refractivity contribution in [3.8, 4) is 0 Å². The zero-order valence-corrected chi connectivity index (χ0v) is 17.1. The summed E-state index contributed by atoms with van der Waals surface area (Å²) in [6, 6.07) is 8.60. The summed E-state index contributed by atoms with van der Waals surface area (Å²) in [5, 5.41) is 6.40. The monoisotopic (exact) mass is 389 g/mol. The Hall–Kier alpha value is -0.810. The molecule has 1 aliphatic rings. The smallest absolute Gasteiger partial charge is 0.220 e.